The van der Waals surface area contributed by atoms with Crippen LogP contribution in [-0.2, 0) is 17.6 Å². The van der Waals surface area contributed by atoms with Crippen molar-refractivity contribution in [1.29, 1.82) is 0 Å². The number of anilines is 1. The molecule has 0 unspecified atom stereocenters. The summed E-state index contributed by atoms with van der Waals surface area (Å²) >= 11 is 0. The number of benzene rings is 2. The number of aromatic nitrogens is 4. The summed E-state index contributed by atoms with van der Waals surface area (Å²) in [5.41, 5.74) is 4.45. The molecule has 4 aromatic rings. The molecule has 7 nitrogen and oxygen atoms in total. The van der Waals surface area contributed by atoms with Crippen LogP contribution in [0, 0.1) is 0 Å². The zero-order chi connectivity index (χ0) is 20.3. The Balaban J connectivity index is 1.52. The second-order valence-corrected chi connectivity index (χ2v) is 7.12. The highest BCUT2D eigenvalue weighted by Crippen LogP contribution is 2.26. The molecule has 0 aliphatic heterocycles. The van der Waals surface area contributed by atoms with E-state index in [-0.39, 0.29) is 11.6 Å². The first kappa shape index (κ1) is 18.1. The first-order valence-corrected chi connectivity index (χ1v) is 9.80. The SMILES string of the molecule is O=C(Nc1ccc2c(c1)CCC2)/C(=C/c1ccco1)n1nnnc1-c1ccccc1. The lowest BCUT2D eigenvalue weighted by Crippen LogP contribution is -2.19. The topological polar surface area (TPSA) is 85.8 Å². The van der Waals surface area contributed by atoms with Crippen molar-refractivity contribution in [1.82, 2.24) is 20.2 Å². The molecule has 1 amide bonds. The molecule has 0 saturated heterocycles. The average Bonchev–Trinajstić information content (AvgIpc) is 3.53. The van der Waals surface area contributed by atoms with Gasteiger partial charge >= 0.3 is 0 Å². The number of fused-ring (bicyclic) bond motifs is 1. The number of carbonyl (C=O) groups is 1. The van der Waals surface area contributed by atoms with Crippen LogP contribution in [0.5, 0.6) is 0 Å². The quantitative estimate of drug-likeness (QED) is 0.513. The number of furan rings is 1. The maximum atomic E-state index is 13.3. The van der Waals surface area contributed by atoms with Crippen molar-refractivity contribution in [2.75, 3.05) is 5.32 Å². The summed E-state index contributed by atoms with van der Waals surface area (Å²) in [5, 5.41) is 15.0. The minimum atomic E-state index is -0.325. The predicted molar refractivity (Wildman–Crippen MR) is 113 cm³/mol. The van der Waals surface area contributed by atoms with Crippen molar-refractivity contribution in [3.63, 3.8) is 0 Å². The molecule has 0 bridgehead atoms. The molecule has 7 heteroatoms. The molecule has 5 rings (SSSR count). The summed E-state index contributed by atoms with van der Waals surface area (Å²) in [6.45, 7) is 0. The third-order valence-corrected chi connectivity index (χ3v) is 5.14. The van der Waals surface area contributed by atoms with Crippen LogP contribution < -0.4 is 5.32 Å². The summed E-state index contributed by atoms with van der Waals surface area (Å²) < 4.78 is 6.86. The highest BCUT2D eigenvalue weighted by Gasteiger charge is 2.20. The van der Waals surface area contributed by atoms with Crippen molar-refractivity contribution in [3.05, 3.63) is 83.8 Å². The predicted octanol–water partition coefficient (Wildman–Crippen LogP) is 4.06. The molecule has 2 heterocycles. The van der Waals surface area contributed by atoms with Gasteiger partial charge in [-0.05, 0) is 65.1 Å². The number of hydrogen-bond acceptors (Lipinski definition) is 5. The zero-order valence-corrected chi connectivity index (χ0v) is 16.2. The number of nitrogens with one attached hydrogen (secondary N) is 1. The smallest absolute Gasteiger partial charge is 0.274 e. The van der Waals surface area contributed by atoms with Gasteiger partial charge in [0.25, 0.3) is 5.91 Å². The van der Waals surface area contributed by atoms with E-state index in [1.54, 1.807) is 24.5 Å². The molecule has 1 aliphatic carbocycles. The summed E-state index contributed by atoms with van der Waals surface area (Å²) in [4.78, 5) is 13.3. The van der Waals surface area contributed by atoms with Gasteiger partial charge < -0.3 is 9.73 Å². The standard InChI is InChI=1S/C23H19N5O2/c29-23(24-19-12-11-16-8-4-9-18(16)14-19)21(15-20-10-5-13-30-20)28-22(25-26-27-28)17-6-2-1-3-7-17/h1-3,5-7,10-15H,4,8-9H2,(H,24,29)/b21-15-. The Bertz CT molecular complexity index is 1210. The monoisotopic (exact) mass is 397 g/mol. The van der Waals surface area contributed by atoms with Crippen molar-refractivity contribution in [3.8, 4) is 11.4 Å². The van der Waals surface area contributed by atoms with Crippen molar-refractivity contribution < 1.29 is 9.21 Å². The van der Waals surface area contributed by atoms with Crippen LogP contribution in [0.15, 0.2) is 71.3 Å². The normalized spacial score (nSPS) is 13.3. The summed E-state index contributed by atoms with van der Waals surface area (Å²) in [7, 11) is 0. The third-order valence-electron chi connectivity index (χ3n) is 5.14. The minimum absolute atomic E-state index is 0.259. The van der Waals surface area contributed by atoms with Gasteiger partial charge in [-0.1, -0.05) is 36.4 Å². The van der Waals surface area contributed by atoms with Crippen LogP contribution in [0.3, 0.4) is 0 Å². The lowest BCUT2D eigenvalue weighted by Gasteiger charge is -2.11. The van der Waals surface area contributed by atoms with Crippen LogP contribution in [0.1, 0.15) is 23.3 Å². The summed E-state index contributed by atoms with van der Waals surface area (Å²) in [6, 6.07) is 19.1. The molecule has 30 heavy (non-hydrogen) atoms. The van der Waals surface area contributed by atoms with E-state index in [4.69, 9.17) is 4.42 Å². The number of carbonyl (C=O) groups excluding carboxylic acids is 1. The zero-order valence-electron chi connectivity index (χ0n) is 16.2. The van der Waals surface area contributed by atoms with Crippen LogP contribution in [0.4, 0.5) is 5.69 Å². The molecular weight excluding hydrogens is 378 g/mol. The van der Waals surface area contributed by atoms with Crippen LogP contribution in [-0.4, -0.2) is 26.1 Å². The van der Waals surface area contributed by atoms with E-state index in [1.807, 2.05) is 42.5 Å². The Labute approximate surface area is 173 Å². The maximum Gasteiger partial charge on any atom is 0.274 e. The first-order valence-electron chi connectivity index (χ1n) is 9.80. The Hall–Kier alpha value is -4.00. The van der Waals surface area contributed by atoms with Crippen LogP contribution in [0.2, 0.25) is 0 Å². The Kier molecular flexibility index (Phi) is 4.69. The lowest BCUT2D eigenvalue weighted by molar-refractivity contribution is -0.111. The van der Waals surface area contributed by atoms with E-state index >= 15 is 0 Å². The van der Waals surface area contributed by atoms with E-state index in [0.29, 0.717) is 11.6 Å². The second-order valence-electron chi connectivity index (χ2n) is 7.12. The molecule has 2 aromatic heterocycles. The van der Waals surface area contributed by atoms with E-state index in [2.05, 4.69) is 26.9 Å². The van der Waals surface area contributed by atoms with E-state index in [1.165, 1.54) is 15.8 Å². The van der Waals surface area contributed by atoms with Crippen molar-refractivity contribution in [2.24, 2.45) is 0 Å². The molecule has 0 atom stereocenters. The molecular formula is C23H19N5O2. The third kappa shape index (κ3) is 3.53. The van der Waals surface area contributed by atoms with Gasteiger partial charge in [0.2, 0.25) is 0 Å². The van der Waals surface area contributed by atoms with E-state index in [9.17, 15) is 4.79 Å². The fraction of sp³-hybridized carbons (Fsp3) is 0.130. The van der Waals surface area contributed by atoms with Gasteiger partial charge in [-0.15, -0.1) is 5.10 Å². The molecule has 1 aliphatic rings. The van der Waals surface area contributed by atoms with Crippen molar-refractivity contribution in [2.45, 2.75) is 19.3 Å². The molecule has 1 N–H and O–H groups in total. The molecule has 148 valence electrons. The fourth-order valence-electron chi connectivity index (χ4n) is 3.69. The second kappa shape index (κ2) is 7.79. The Morgan fingerprint density at radius 1 is 1.03 bits per heavy atom. The molecule has 0 spiro atoms. The number of rotatable bonds is 5. The van der Waals surface area contributed by atoms with E-state index < -0.39 is 0 Å². The summed E-state index contributed by atoms with van der Waals surface area (Å²) in [6.07, 6.45) is 6.48. The largest absolute Gasteiger partial charge is 0.465 e. The summed E-state index contributed by atoms with van der Waals surface area (Å²) in [5.74, 6) is 0.676. The number of nitrogens with zero attached hydrogens (tertiary/aromatic N) is 4. The Morgan fingerprint density at radius 3 is 2.73 bits per heavy atom. The minimum Gasteiger partial charge on any atom is -0.465 e. The van der Waals surface area contributed by atoms with E-state index in [0.717, 1.165) is 30.5 Å². The van der Waals surface area contributed by atoms with Gasteiger partial charge in [0.15, 0.2) is 5.82 Å². The molecule has 0 radical (unpaired) electrons. The highest BCUT2D eigenvalue weighted by atomic mass is 16.3. The number of amides is 1. The van der Waals surface area contributed by atoms with Crippen molar-refractivity contribution >= 4 is 23.4 Å². The van der Waals surface area contributed by atoms with Gasteiger partial charge in [0, 0.05) is 17.3 Å². The number of aryl methyl sites for hydroxylation is 2. The maximum absolute atomic E-state index is 13.3. The lowest BCUT2D eigenvalue weighted by atomic mass is 10.1. The van der Waals surface area contributed by atoms with Gasteiger partial charge in [0.05, 0.1) is 6.26 Å². The molecule has 0 saturated carbocycles. The van der Waals surface area contributed by atoms with Crippen LogP contribution >= 0.6 is 0 Å². The van der Waals surface area contributed by atoms with Crippen LogP contribution in [0.25, 0.3) is 23.2 Å². The average molecular weight is 397 g/mol. The molecule has 2 aromatic carbocycles. The highest BCUT2D eigenvalue weighted by molar-refractivity contribution is 6.24. The number of hydrogen-bond donors (Lipinski definition) is 1. The fourth-order valence-corrected chi connectivity index (χ4v) is 3.69. The molecule has 0 fully saturated rings. The van der Waals surface area contributed by atoms with Gasteiger partial charge in [-0.25, -0.2) is 0 Å². The first-order chi connectivity index (χ1) is 14.8. The number of tetrazole rings is 1. The van der Waals surface area contributed by atoms with Gasteiger partial charge in [-0.2, -0.15) is 4.68 Å². The van der Waals surface area contributed by atoms with Gasteiger partial charge in [0.1, 0.15) is 11.5 Å². The van der Waals surface area contributed by atoms with Gasteiger partial charge in [-0.3, -0.25) is 4.79 Å². The Morgan fingerprint density at radius 2 is 1.90 bits per heavy atom.